The van der Waals surface area contributed by atoms with Crippen molar-refractivity contribution in [2.75, 3.05) is 12.4 Å². The van der Waals surface area contributed by atoms with Crippen LogP contribution in [0.3, 0.4) is 0 Å². The number of ether oxygens (including phenoxy) is 1. The van der Waals surface area contributed by atoms with E-state index in [-0.39, 0.29) is 21.7 Å². The summed E-state index contributed by atoms with van der Waals surface area (Å²) in [6.45, 7) is 0. The molecule has 0 heterocycles. The van der Waals surface area contributed by atoms with Crippen molar-refractivity contribution in [3.63, 3.8) is 0 Å². The Balaban J connectivity index is 3.35. The van der Waals surface area contributed by atoms with Gasteiger partial charge in [-0.1, -0.05) is 27.5 Å². The fourth-order valence-electron chi connectivity index (χ4n) is 1.03. The molecule has 14 heavy (non-hydrogen) atoms. The molecule has 2 nitrogen and oxygen atoms in total. The van der Waals surface area contributed by atoms with Gasteiger partial charge >= 0.3 is 0 Å². The predicted octanol–water partition coefficient (Wildman–Crippen LogP) is 3.07. The maximum atomic E-state index is 13.4. The third-order valence-electron chi connectivity index (χ3n) is 1.68. The van der Waals surface area contributed by atoms with Crippen LogP contribution in [0.2, 0.25) is 5.02 Å². The lowest BCUT2D eigenvalue weighted by Gasteiger charge is -2.07. The van der Waals surface area contributed by atoms with Crippen LogP contribution < -0.4 is 4.74 Å². The van der Waals surface area contributed by atoms with Gasteiger partial charge in [0, 0.05) is 0 Å². The third-order valence-corrected chi connectivity index (χ3v) is 2.48. The molecule has 5 heteroatoms. The monoisotopic (exact) mass is 280 g/mol. The van der Waals surface area contributed by atoms with Gasteiger partial charge in [0.25, 0.3) is 0 Å². The second-order valence-corrected chi connectivity index (χ2v) is 3.46. The number of carbonyl (C=O) groups excluding carboxylic acids is 1. The van der Waals surface area contributed by atoms with Gasteiger partial charge in [0.1, 0.15) is 5.75 Å². The van der Waals surface area contributed by atoms with E-state index in [4.69, 9.17) is 16.3 Å². The third kappa shape index (κ3) is 2.07. The Morgan fingerprint density at radius 3 is 2.79 bits per heavy atom. The zero-order valence-corrected chi connectivity index (χ0v) is 9.65. The first-order valence-corrected chi connectivity index (χ1v) is 5.23. The molecule has 0 N–H and O–H groups in total. The average Bonchev–Trinajstić information content (AvgIpc) is 2.20. The van der Waals surface area contributed by atoms with Gasteiger partial charge in [-0.15, -0.1) is 0 Å². The summed E-state index contributed by atoms with van der Waals surface area (Å²) in [4.78, 5) is 11.3. The lowest BCUT2D eigenvalue weighted by molar-refractivity contribution is 0.101. The number of rotatable bonds is 3. The van der Waals surface area contributed by atoms with E-state index < -0.39 is 11.6 Å². The van der Waals surface area contributed by atoms with Crippen LogP contribution in [-0.2, 0) is 0 Å². The Hall–Kier alpha value is -0.610. The first kappa shape index (κ1) is 11.5. The molecule has 0 bridgehead atoms. The normalized spacial score (nSPS) is 10.0. The minimum Gasteiger partial charge on any atom is -0.496 e. The quantitative estimate of drug-likeness (QED) is 0.629. The Morgan fingerprint density at radius 2 is 2.29 bits per heavy atom. The highest BCUT2D eigenvalue weighted by molar-refractivity contribution is 9.09. The summed E-state index contributed by atoms with van der Waals surface area (Å²) in [7, 11) is 1.37. The van der Waals surface area contributed by atoms with Crippen LogP contribution >= 0.6 is 27.5 Å². The molecule has 1 aromatic rings. The van der Waals surface area contributed by atoms with E-state index in [2.05, 4.69) is 15.9 Å². The van der Waals surface area contributed by atoms with Crippen molar-refractivity contribution in [2.45, 2.75) is 0 Å². The van der Waals surface area contributed by atoms with E-state index >= 15 is 0 Å². The van der Waals surface area contributed by atoms with Crippen LogP contribution in [0.5, 0.6) is 5.75 Å². The largest absolute Gasteiger partial charge is 0.496 e. The summed E-state index contributed by atoms with van der Waals surface area (Å²) >= 11 is 8.50. The summed E-state index contributed by atoms with van der Waals surface area (Å²) in [5.74, 6) is -0.950. The molecule has 0 spiro atoms. The van der Waals surface area contributed by atoms with E-state index in [1.54, 1.807) is 0 Å². The minimum atomic E-state index is -0.740. The molecule has 0 saturated heterocycles. The van der Waals surface area contributed by atoms with Crippen LogP contribution in [0.4, 0.5) is 4.39 Å². The Kier molecular flexibility index (Phi) is 3.89. The van der Waals surface area contributed by atoms with Crippen LogP contribution in [0.15, 0.2) is 12.1 Å². The van der Waals surface area contributed by atoms with Crippen molar-refractivity contribution in [1.29, 1.82) is 0 Å². The number of halogens is 3. The fourth-order valence-corrected chi connectivity index (χ4v) is 1.47. The molecule has 0 amide bonds. The second-order valence-electron chi connectivity index (χ2n) is 2.50. The van der Waals surface area contributed by atoms with Gasteiger partial charge in [0.2, 0.25) is 0 Å². The smallest absolute Gasteiger partial charge is 0.180 e. The summed E-state index contributed by atoms with van der Waals surface area (Å²) in [6, 6.07) is 2.81. The molecule has 0 saturated carbocycles. The zero-order valence-electron chi connectivity index (χ0n) is 7.31. The summed E-state index contributed by atoms with van der Waals surface area (Å²) in [5, 5.41) is -0.0595. The highest BCUT2D eigenvalue weighted by atomic mass is 79.9. The first-order valence-electron chi connectivity index (χ1n) is 3.73. The van der Waals surface area contributed by atoms with Crippen LogP contribution in [0, 0.1) is 5.82 Å². The lowest BCUT2D eigenvalue weighted by Crippen LogP contribution is -2.06. The van der Waals surface area contributed by atoms with Crippen LogP contribution in [-0.4, -0.2) is 18.2 Å². The Morgan fingerprint density at radius 1 is 1.64 bits per heavy atom. The maximum Gasteiger partial charge on any atom is 0.180 e. The van der Waals surface area contributed by atoms with E-state index in [1.807, 2.05) is 0 Å². The number of hydrogen-bond donors (Lipinski definition) is 0. The molecule has 0 aromatic heterocycles. The van der Waals surface area contributed by atoms with Crippen molar-refractivity contribution < 1.29 is 13.9 Å². The van der Waals surface area contributed by atoms with Gasteiger partial charge in [-0.2, -0.15) is 0 Å². The van der Waals surface area contributed by atoms with Crippen molar-refractivity contribution >= 4 is 33.3 Å². The molecule has 0 radical (unpaired) electrons. The molecule has 0 aliphatic heterocycles. The van der Waals surface area contributed by atoms with E-state index in [0.717, 1.165) is 0 Å². The number of alkyl halides is 1. The zero-order chi connectivity index (χ0) is 10.7. The SMILES string of the molecule is COc1ccc(Cl)c(F)c1C(=O)CBr. The Labute approximate surface area is 94.1 Å². The van der Waals surface area contributed by atoms with Gasteiger partial charge in [-0.05, 0) is 12.1 Å². The highest BCUT2D eigenvalue weighted by Gasteiger charge is 2.18. The summed E-state index contributed by atoms with van der Waals surface area (Å²) < 4.78 is 18.3. The van der Waals surface area contributed by atoms with Crippen LogP contribution in [0.25, 0.3) is 0 Å². The van der Waals surface area contributed by atoms with Crippen molar-refractivity contribution in [3.05, 3.63) is 28.5 Å². The van der Waals surface area contributed by atoms with Crippen molar-refractivity contribution in [3.8, 4) is 5.75 Å². The number of methoxy groups -OCH3 is 1. The number of ketones is 1. The summed E-state index contributed by atoms with van der Waals surface area (Å²) in [6.07, 6.45) is 0. The van der Waals surface area contributed by atoms with E-state index in [9.17, 15) is 9.18 Å². The Bertz CT molecular complexity index is 368. The summed E-state index contributed by atoms with van der Waals surface area (Å²) in [5.41, 5.74) is -0.114. The molecule has 0 aliphatic rings. The maximum absolute atomic E-state index is 13.4. The number of Topliss-reactive ketones (excluding diaryl/α,β-unsaturated/α-hetero) is 1. The van der Waals surface area contributed by atoms with Gasteiger partial charge in [-0.3, -0.25) is 4.79 Å². The molecule has 1 aromatic carbocycles. The number of benzene rings is 1. The van der Waals surface area contributed by atoms with Gasteiger partial charge in [0.15, 0.2) is 11.6 Å². The van der Waals surface area contributed by atoms with Crippen molar-refractivity contribution in [2.24, 2.45) is 0 Å². The minimum absolute atomic E-state index is 0.0284. The highest BCUT2D eigenvalue weighted by Crippen LogP contribution is 2.27. The molecule has 0 aliphatic carbocycles. The molecule has 0 unspecified atom stereocenters. The van der Waals surface area contributed by atoms with Gasteiger partial charge < -0.3 is 4.74 Å². The molecule has 1 rings (SSSR count). The van der Waals surface area contributed by atoms with Gasteiger partial charge in [-0.25, -0.2) is 4.39 Å². The van der Waals surface area contributed by atoms with Crippen molar-refractivity contribution in [1.82, 2.24) is 0 Å². The molecular formula is C9H7BrClFO2. The standard InChI is InChI=1S/C9H7BrClFO2/c1-14-7-3-2-5(11)9(12)8(7)6(13)4-10/h2-3H,4H2,1H3. The lowest BCUT2D eigenvalue weighted by atomic mass is 10.1. The topological polar surface area (TPSA) is 26.3 Å². The van der Waals surface area contributed by atoms with E-state index in [1.165, 1.54) is 19.2 Å². The van der Waals surface area contributed by atoms with E-state index in [0.29, 0.717) is 0 Å². The second kappa shape index (κ2) is 4.75. The first-order chi connectivity index (χ1) is 6.61. The number of hydrogen-bond acceptors (Lipinski definition) is 2. The molecule has 0 atom stereocenters. The predicted molar refractivity (Wildman–Crippen MR) is 56.1 cm³/mol. The number of carbonyl (C=O) groups is 1. The fraction of sp³-hybridized carbons (Fsp3) is 0.222. The molecule has 76 valence electrons. The van der Waals surface area contributed by atoms with Crippen LogP contribution in [0.1, 0.15) is 10.4 Å². The van der Waals surface area contributed by atoms with Gasteiger partial charge in [0.05, 0.1) is 23.0 Å². The average molecular weight is 282 g/mol. The molecule has 0 fully saturated rings. The molecular weight excluding hydrogens is 274 g/mol.